The first-order valence-corrected chi connectivity index (χ1v) is 8.93. The normalized spacial score (nSPS) is 10.6. The van der Waals surface area contributed by atoms with E-state index in [1.54, 1.807) is 7.11 Å². The number of nitrogens with zero attached hydrogens (tertiary/aromatic N) is 2. The van der Waals surface area contributed by atoms with Crippen LogP contribution in [0.1, 0.15) is 23.4 Å². The van der Waals surface area contributed by atoms with E-state index in [0.717, 1.165) is 28.9 Å². The molecule has 1 heterocycles. The molecule has 6 nitrogen and oxygen atoms in total. The van der Waals surface area contributed by atoms with Crippen LogP contribution >= 0.6 is 0 Å². The van der Waals surface area contributed by atoms with Crippen molar-refractivity contribution >= 4 is 5.91 Å². The van der Waals surface area contributed by atoms with E-state index in [1.807, 2.05) is 55.5 Å². The summed E-state index contributed by atoms with van der Waals surface area (Å²) < 4.78 is 10.9. The van der Waals surface area contributed by atoms with Gasteiger partial charge in [0.2, 0.25) is 17.7 Å². The number of hydrogen-bond acceptors (Lipinski definition) is 5. The van der Waals surface area contributed by atoms with Crippen LogP contribution in [-0.2, 0) is 17.6 Å². The fourth-order valence-corrected chi connectivity index (χ4v) is 2.73. The molecule has 6 heteroatoms. The maximum atomic E-state index is 12.0. The third-order valence-corrected chi connectivity index (χ3v) is 4.17. The molecule has 0 unspecified atom stereocenters. The van der Waals surface area contributed by atoms with Gasteiger partial charge in [0.25, 0.3) is 0 Å². The molecule has 140 valence electrons. The fourth-order valence-electron chi connectivity index (χ4n) is 2.73. The van der Waals surface area contributed by atoms with E-state index in [0.29, 0.717) is 31.2 Å². The second-order valence-corrected chi connectivity index (χ2v) is 6.32. The standard InChI is InChI=1S/C21H23N3O3/c1-15-5-3-7-17(13-15)21-24-23-20(27-21)10-9-19(25)22-12-11-16-6-4-8-18(14-16)26-2/h3-8,13-14H,9-12H2,1-2H3,(H,22,25). The number of methoxy groups -OCH3 is 1. The Hall–Kier alpha value is -3.15. The Labute approximate surface area is 158 Å². The fraction of sp³-hybridized carbons (Fsp3) is 0.286. The second-order valence-electron chi connectivity index (χ2n) is 6.32. The van der Waals surface area contributed by atoms with Gasteiger partial charge in [-0.3, -0.25) is 4.79 Å². The van der Waals surface area contributed by atoms with Gasteiger partial charge in [-0.15, -0.1) is 10.2 Å². The van der Waals surface area contributed by atoms with E-state index >= 15 is 0 Å². The first kappa shape index (κ1) is 18.6. The minimum Gasteiger partial charge on any atom is -0.497 e. The molecule has 2 aromatic carbocycles. The van der Waals surface area contributed by atoms with Crippen molar-refractivity contribution in [3.8, 4) is 17.2 Å². The molecule has 0 radical (unpaired) electrons. The van der Waals surface area contributed by atoms with Crippen molar-refractivity contribution in [2.24, 2.45) is 0 Å². The highest BCUT2D eigenvalue weighted by Crippen LogP contribution is 2.19. The van der Waals surface area contributed by atoms with Crippen LogP contribution < -0.4 is 10.1 Å². The summed E-state index contributed by atoms with van der Waals surface area (Å²) in [5, 5.41) is 11.0. The SMILES string of the molecule is COc1cccc(CCNC(=O)CCc2nnc(-c3cccc(C)c3)o2)c1. The number of nitrogens with one attached hydrogen (secondary N) is 1. The summed E-state index contributed by atoms with van der Waals surface area (Å²) in [6.07, 6.45) is 1.48. The van der Waals surface area contributed by atoms with Gasteiger partial charge in [-0.25, -0.2) is 0 Å². The number of aromatic nitrogens is 2. The molecule has 0 saturated carbocycles. The maximum absolute atomic E-state index is 12.0. The third kappa shape index (κ3) is 5.41. The van der Waals surface area contributed by atoms with Gasteiger partial charge in [-0.2, -0.15) is 0 Å². The molecule has 1 aromatic heterocycles. The van der Waals surface area contributed by atoms with Crippen molar-refractivity contribution in [3.05, 3.63) is 65.5 Å². The number of amides is 1. The van der Waals surface area contributed by atoms with Crippen molar-refractivity contribution < 1.29 is 13.9 Å². The minimum atomic E-state index is -0.0341. The van der Waals surface area contributed by atoms with E-state index in [2.05, 4.69) is 15.5 Å². The van der Waals surface area contributed by atoms with Crippen LogP contribution in [0.15, 0.2) is 52.9 Å². The number of aryl methyl sites for hydroxylation is 2. The summed E-state index contributed by atoms with van der Waals surface area (Å²) >= 11 is 0. The minimum absolute atomic E-state index is 0.0341. The summed E-state index contributed by atoms with van der Waals surface area (Å²) in [6.45, 7) is 2.58. The number of rotatable bonds is 8. The number of ether oxygens (including phenoxy) is 1. The molecule has 1 amide bonds. The Bertz CT molecular complexity index is 905. The molecular weight excluding hydrogens is 342 g/mol. The summed E-state index contributed by atoms with van der Waals surface area (Å²) in [5.74, 6) is 1.73. The van der Waals surface area contributed by atoms with Crippen LogP contribution in [0.25, 0.3) is 11.5 Å². The van der Waals surface area contributed by atoms with Crippen LogP contribution in [-0.4, -0.2) is 29.8 Å². The van der Waals surface area contributed by atoms with E-state index in [1.165, 1.54) is 0 Å². The van der Waals surface area contributed by atoms with Crippen LogP contribution in [0, 0.1) is 6.92 Å². The topological polar surface area (TPSA) is 77.2 Å². The number of carbonyl (C=O) groups excluding carboxylic acids is 1. The lowest BCUT2D eigenvalue weighted by Gasteiger charge is -2.06. The van der Waals surface area contributed by atoms with Crippen molar-refractivity contribution in [2.45, 2.75) is 26.2 Å². The van der Waals surface area contributed by atoms with E-state index in [-0.39, 0.29) is 5.91 Å². The lowest BCUT2D eigenvalue weighted by molar-refractivity contribution is -0.121. The van der Waals surface area contributed by atoms with Gasteiger partial charge in [0.05, 0.1) is 7.11 Å². The molecule has 0 atom stereocenters. The zero-order chi connectivity index (χ0) is 19.1. The number of benzene rings is 2. The lowest BCUT2D eigenvalue weighted by atomic mass is 10.1. The Morgan fingerprint density at radius 3 is 2.78 bits per heavy atom. The molecule has 0 spiro atoms. The number of carbonyl (C=O) groups is 1. The van der Waals surface area contributed by atoms with Crippen molar-refractivity contribution in [1.82, 2.24) is 15.5 Å². The van der Waals surface area contributed by atoms with Crippen molar-refractivity contribution in [1.29, 1.82) is 0 Å². The van der Waals surface area contributed by atoms with Gasteiger partial charge in [-0.1, -0.05) is 29.8 Å². The molecule has 0 fully saturated rings. The summed E-state index contributed by atoms with van der Waals surface area (Å²) in [4.78, 5) is 12.0. The monoisotopic (exact) mass is 365 g/mol. The molecule has 0 aliphatic rings. The van der Waals surface area contributed by atoms with Gasteiger partial charge in [0.15, 0.2) is 0 Å². The van der Waals surface area contributed by atoms with Gasteiger partial charge >= 0.3 is 0 Å². The second kappa shape index (κ2) is 8.98. The van der Waals surface area contributed by atoms with Crippen LogP contribution in [0.5, 0.6) is 5.75 Å². The molecule has 3 rings (SSSR count). The third-order valence-electron chi connectivity index (χ3n) is 4.17. The van der Waals surface area contributed by atoms with Gasteiger partial charge < -0.3 is 14.5 Å². The van der Waals surface area contributed by atoms with Crippen molar-refractivity contribution in [2.75, 3.05) is 13.7 Å². The average molecular weight is 365 g/mol. The first-order valence-electron chi connectivity index (χ1n) is 8.93. The Balaban J connectivity index is 1.44. The molecular formula is C21H23N3O3. The van der Waals surface area contributed by atoms with E-state index < -0.39 is 0 Å². The zero-order valence-corrected chi connectivity index (χ0v) is 15.6. The van der Waals surface area contributed by atoms with Gasteiger partial charge in [0.1, 0.15) is 5.75 Å². The molecule has 0 saturated heterocycles. The van der Waals surface area contributed by atoms with Crippen LogP contribution in [0.2, 0.25) is 0 Å². The quantitative estimate of drug-likeness (QED) is 0.662. The van der Waals surface area contributed by atoms with E-state index in [4.69, 9.17) is 9.15 Å². The Morgan fingerprint density at radius 1 is 1.11 bits per heavy atom. The first-order chi connectivity index (χ1) is 13.1. The van der Waals surface area contributed by atoms with Gasteiger partial charge in [-0.05, 0) is 43.2 Å². The highest BCUT2D eigenvalue weighted by molar-refractivity contribution is 5.76. The average Bonchev–Trinajstić information content (AvgIpc) is 3.16. The van der Waals surface area contributed by atoms with E-state index in [9.17, 15) is 4.79 Å². The van der Waals surface area contributed by atoms with Crippen molar-refractivity contribution in [3.63, 3.8) is 0 Å². The smallest absolute Gasteiger partial charge is 0.247 e. The molecule has 3 aromatic rings. The molecule has 27 heavy (non-hydrogen) atoms. The number of hydrogen-bond donors (Lipinski definition) is 1. The Kier molecular flexibility index (Phi) is 6.20. The highest BCUT2D eigenvalue weighted by Gasteiger charge is 2.10. The Morgan fingerprint density at radius 2 is 1.96 bits per heavy atom. The predicted octanol–water partition coefficient (Wildman–Crippen LogP) is 3.35. The van der Waals surface area contributed by atoms with Crippen LogP contribution in [0.3, 0.4) is 0 Å². The molecule has 0 aliphatic carbocycles. The van der Waals surface area contributed by atoms with Crippen LogP contribution in [0.4, 0.5) is 0 Å². The molecule has 0 bridgehead atoms. The lowest BCUT2D eigenvalue weighted by Crippen LogP contribution is -2.25. The maximum Gasteiger partial charge on any atom is 0.247 e. The molecule has 1 N–H and O–H groups in total. The predicted molar refractivity (Wildman–Crippen MR) is 102 cm³/mol. The largest absolute Gasteiger partial charge is 0.497 e. The molecule has 0 aliphatic heterocycles. The summed E-state index contributed by atoms with van der Waals surface area (Å²) in [7, 11) is 1.64. The summed E-state index contributed by atoms with van der Waals surface area (Å²) in [6, 6.07) is 15.7. The zero-order valence-electron chi connectivity index (χ0n) is 15.6. The summed E-state index contributed by atoms with van der Waals surface area (Å²) in [5.41, 5.74) is 3.13. The highest BCUT2D eigenvalue weighted by atomic mass is 16.5. The van der Waals surface area contributed by atoms with Gasteiger partial charge in [0, 0.05) is 24.9 Å².